The minimum atomic E-state index is -0.954. The zero-order valence-electron chi connectivity index (χ0n) is 20.6. The number of carboxylic acids is 1. The average molecular weight is 480 g/mol. The summed E-state index contributed by atoms with van der Waals surface area (Å²) in [5.41, 5.74) is 8.01. The molecule has 0 spiro atoms. The Morgan fingerprint density at radius 3 is 2.44 bits per heavy atom. The maximum Gasteiger partial charge on any atom is 0.328 e. The molecule has 1 N–H and O–H groups in total. The van der Waals surface area contributed by atoms with Crippen LogP contribution in [-0.2, 0) is 18.3 Å². The summed E-state index contributed by atoms with van der Waals surface area (Å²) in [6.07, 6.45) is 7.64. The molecular weight excluding hydrogens is 450 g/mol. The van der Waals surface area contributed by atoms with Gasteiger partial charge in [-0.3, -0.25) is 4.68 Å². The van der Waals surface area contributed by atoms with E-state index in [9.17, 15) is 4.79 Å². The van der Waals surface area contributed by atoms with Gasteiger partial charge in [-0.2, -0.15) is 5.10 Å². The number of benzene rings is 3. The van der Waals surface area contributed by atoms with Gasteiger partial charge in [0.25, 0.3) is 0 Å². The Bertz CT molecular complexity index is 1400. The van der Waals surface area contributed by atoms with Crippen molar-refractivity contribution in [3.8, 4) is 16.9 Å². The minimum Gasteiger partial charge on any atom is -0.497 e. The van der Waals surface area contributed by atoms with E-state index < -0.39 is 5.97 Å². The highest BCUT2D eigenvalue weighted by molar-refractivity contribution is 5.85. The van der Waals surface area contributed by atoms with E-state index in [0.717, 1.165) is 40.6 Å². The van der Waals surface area contributed by atoms with Crippen molar-refractivity contribution in [2.24, 2.45) is 7.05 Å². The first-order valence-electron chi connectivity index (χ1n) is 12.0. The van der Waals surface area contributed by atoms with Gasteiger partial charge in [-0.1, -0.05) is 42.5 Å². The Labute approximate surface area is 211 Å². The third-order valence-electron chi connectivity index (χ3n) is 6.79. The SMILES string of the molecule is COc1ccc(N2[C@@H](c3ccc(/C=C/C(=O)O)cc3)c3ccc(-c4cnn(C)c4)cc3C[C@@H]2C)cc1. The summed E-state index contributed by atoms with van der Waals surface area (Å²) in [6.45, 7) is 2.26. The largest absolute Gasteiger partial charge is 0.497 e. The number of ether oxygens (including phenoxy) is 1. The van der Waals surface area contributed by atoms with E-state index in [1.54, 1.807) is 13.2 Å². The predicted molar refractivity (Wildman–Crippen MR) is 142 cm³/mol. The van der Waals surface area contributed by atoms with E-state index in [0.29, 0.717) is 0 Å². The van der Waals surface area contributed by atoms with Crippen molar-refractivity contribution >= 4 is 17.7 Å². The zero-order valence-corrected chi connectivity index (χ0v) is 20.6. The normalized spacial score (nSPS) is 17.2. The predicted octanol–water partition coefficient (Wildman–Crippen LogP) is 5.73. The van der Waals surface area contributed by atoms with E-state index >= 15 is 0 Å². The number of hydrogen-bond acceptors (Lipinski definition) is 4. The van der Waals surface area contributed by atoms with Crippen molar-refractivity contribution < 1.29 is 14.6 Å². The van der Waals surface area contributed by atoms with Gasteiger partial charge in [0.05, 0.1) is 19.3 Å². The maximum atomic E-state index is 10.9. The van der Waals surface area contributed by atoms with Crippen LogP contribution >= 0.6 is 0 Å². The molecule has 2 heterocycles. The van der Waals surface area contributed by atoms with Crippen LogP contribution in [0.1, 0.15) is 35.2 Å². The van der Waals surface area contributed by atoms with Gasteiger partial charge in [-0.25, -0.2) is 4.79 Å². The highest BCUT2D eigenvalue weighted by Crippen LogP contribution is 2.42. The van der Waals surface area contributed by atoms with Crippen molar-refractivity contribution in [1.82, 2.24) is 9.78 Å². The second kappa shape index (κ2) is 9.74. The number of aromatic nitrogens is 2. The summed E-state index contributed by atoms with van der Waals surface area (Å²) in [5, 5.41) is 13.3. The second-order valence-electron chi connectivity index (χ2n) is 9.22. The number of fused-ring (bicyclic) bond motifs is 1. The van der Waals surface area contributed by atoms with Gasteiger partial charge in [0, 0.05) is 36.6 Å². The Balaban J connectivity index is 1.60. The molecule has 6 nitrogen and oxygen atoms in total. The first kappa shape index (κ1) is 23.4. The van der Waals surface area contributed by atoms with Crippen LogP contribution in [0.2, 0.25) is 0 Å². The van der Waals surface area contributed by atoms with Gasteiger partial charge in [-0.05, 0) is 71.5 Å². The smallest absolute Gasteiger partial charge is 0.328 e. The van der Waals surface area contributed by atoms with Crippen LogP contribution in [-0.4, -0.2) is 34.0 Å². The van der Waals surface area contributed by atoms with Gasteiger partial charge >= 0.3 is 5.97 Å². The zero-order chi connectivity index (χ0) is 25.2. The van der Waals surface area contributed by atoms with Gasteiger partial charge < -0.3 is 14.7 Å². The highest BCUT2D eigenvalue weighted by Gasteiger charge is 2.33. The number of anilines is 1. The van der Waals surface area contributed by atoms with E-state index in [1.165, 1.54) is 16.7 Å². The molecule has 0 unspecified atom stereocenters. The van der Waals surface area contributed by atoms with Gasteiger partial charge in [-0.15, -0.1) is 0 Å². The lowest BCUT2D eigenvalue weighted by Crippen LogP contribution is -2.42. The molecular formula is C30H29N3O3. The number of carbonyl (C=O) groups is 1. The van der Waals surface area contributed by atoms with Crippen molar-refractivity contribution in [2.75, 3.05) is 12.0 Å². The lowest BCUT2D eigenvalue weighted by molar-refractivity contribution is -0.131. The van der Waals surface area contributed by atoms with Gasteiger partial charge in [0.2, 0.25) is 0 Å². The highest BCUT2D eigenvalue weighted by atomic mass is 16.5. The van der Waals surface area contributed by atoms with E-state index in [-0.39, 0.29) is 12.1 Å². The van der Waals surface area contributed by atoms with Crippen molar-refractivity contribution in [3.63, 3.8) is 0 Å². The fourth-order valence-corrected chi connectivity index (χ4v) is 5.08. The third kappa shape index (κ3) is 4.62. The molecule has 1 aromatic heterocycles. The minimum absolute atomic E-state index is 0.0117. The van der Waals surface area contributed by atoms with Crippen LogP contribution in [0.25, 0.3) is 17.2 Å². The Morgan fingerprint density at radius 2 is 1.81 bits per heavy atom. The molecule has 3 aromatic carbocycles. The van der Waals surface area contributed by atoms with Crippen molar-refractivity contribution in [3.05, 3.63) is 107 Å². The molecule has 0 bridgehead atoms. The fraction of sp³-hybridized carbons (Fsp3) is 0.200. The fourth-order valence-electron chi connectivity index (χ4n) is 5.08. The Morgan fingerprint density at radius 1 is 1.06 bits per heavy atom. The molecule has 0 fully saturated rings. The van der Waals surface area contributed by atoms with Gasteiger partial charge in [0.1, 0.15) is 5.75 Å². The molecule has 2 atom stereocenters. The van der Waals surface area contributed by atoms with Gasteiger partial charge in [0.15, 0.2) is 0 Å². The summed E-state index contributed by atoms with van der Waals surface area (Å²) in [7, 11) is 3.61. The lowest BCUT2D eigenvalue weighted by atomic mass is 9.83. The van der Waals surface area contributed by atoms with Crippen LogP contribution in [0, 0.1) is 0 Å². The van der Waals surface area contributed by atoms with Crippen LogP contribution in [0.5, 0.6) is 5.75 Å². The number of hydrogen-bond donors (Lipinski definition) is 1. The van der Waals surface area contributed by atoms with E-state index in [1.807, 2.05) is 48.4 Å². The molecule has 36 heavy (non-hydrogen) atoms. The summed E-state index contributed by atoms with van der Waals surface area (Å²) >= 11 is 0. The summed E-state index contributed by atoms with van der Waals surface area (Å²) in [6, 6.07) is 23.3. The first-order valence-corrected chi connectivity index (χ1v) is 12.0. The van der Waals surface area contributed by atoms with Crippen LogP contribution in [0.3, 0.4) is 0 Å². The summed E-state index contributed by atoms with van der Waals surface area (Å²) < 4.78 is 7.21. The average Bonchev–Trinajstić information content (AvgIpc) is 3.33. The summed E-state index contributed by atoms with van der Waals surface area (Å²) in [5.74, 6) is -0.125. The lowest BCUT2D eigenvalue weighted by Gasteiger charge is -2.44. The molecule has 1 aliphatic heterocycles. The molecule has 4 aromatic rings. The topological polar surface area (TPSA) is 67.6 Å². The quantitative estimate of drug-likeness (QED) is 0.358. The molecule has 0 saturated carbocycles. The van der Waals surface area contributed by atoms with Crippen molar-refractivity contribution in [1.29, 1.82) is 0 Å². The second-order valence-corrected chi connectivity index (χ2v) is 9.22. The maximum absolute atomic E-state index is 10.9. The van der Waals surface area contributed by atoms with Crippen LogP contribution in [0.4, 0.5) is 5.69 Å². The monoisotopic (exact) mass is 479 g/mol. The Kier molecular flexibility index (Phi) is 6.34. The number of nitrogens with zero attached hydrogens (tertiary/aromatic N) is 3. The number of methoxy groups -OCH3 is 1. The molecule has 6 heteroatoms. The summed E-state index contributed by atoms with van der Waals surface area (Å²) in [4.78, 5) is 13.4. The standard InChI is InChI=1S/C30H29N3O3/c1-20-16-24-17-23(25-18-31-32(2)19-25)9-14-28(24)30(33(20)26-10-12-27(36-3)13-11-26)22-7-4-21(5-8-22)6-15-29(34)35/h4-15,17-20,30H,16H2,1-3H3,(H,34,35)/b15-6+/t20-,30-/m0/s1. The molecule has 0 saturated heterocycles. The van der Waals surface area contributed by atoms with Crippen LogP contribution in [0.15, 0.2) is 85.2 Å². The number of aliphatic carboxylic acids is 1. The molecule has 0 amide bonds. The first-order chi connectivity index (χ1) is 17.4. The molecule has 0 aliphatic carbocycles. The number of carboxylic acid groups (broad SMARTS) is 1. The Hall–Kier alpha value is -4.32. The van der Waals surface area contributed by atoms with Crippen molar-refractivity contribution in [2.45, 2.75) is 25.4 Å². The molecule has 182 valence electrons. The molecule has 1 aliphatic rings. The van der Waals surface area contributed by atoms with Crippen LogP contribution < -0.4 is 9.64 Å². The molecule has 0 radical (unpaired) electrons. The van der Waals surface area contributed by atoms with E-state index in [4.69, 9.17) is 9.84 Å². The van der Waals surface area contributed by atoms with E-state index in [2.05, 4.69) is 59.4 Å². The number of rotatable bonds is 6. The molecule has 5 rings (SSSR count). The third-order valence-corrected chi connectivity index (χ3v) is 6.79. The number of aryl methyl sites for hydroxylation is 1.